The van der Waals surface area contributed by atoms with Gasteiger partial charge in [-0.2, -0.15) is 0 Å². The van der Waals surface area contributed by atoms with Crippen LogP contribution in [0.5, 0.6) is 5.88 Å². The lowest BCUT2D eigenvalue weighted by Gasteiger charge is -2.03. The zero-order valence-electron chi connectivity index (χ0n) is 16.0. The smallest absolute Gasteiger partial charge is 0.251 e. The molecule has 0 unspecified atom stereocenters. The molecule has 2 N–H and O–H groups in total. The number of aromatic nitrogens is 4. The summed E-state index contributed by atoms with van der Waals surface area (Å²) in [6.07, 6.45) is 1.73. The first kappa shape index (κ1) is 18.3. The number of methoxy groups -OCH3 is 1. The predicted molar refractivity (Wildman–Crippen MR) is 117 cm³/mol. The fourth-order valence-corrected chi connectivity index (χ4v) is 4.17. The number of H-pyrrole nitrogens is 1. The van der Waals surface area contributed by atoms with E-state index in [0.717, 1.165) is 37.6 Å². The molecule has 3 heterocycles. The quantitative estimate of drug-likeness (QED) is 0.449. The molecule has 1 amide bonds. The van der Waals surface area contributed by atoms with E-state index >= 15 is 0 Å². The Labute approximate surface area is 175 Å². The van der Waals surface area contributed by atoms with Gasteiger partial charge >= 0.3 is 0 Å². The van der Waals surface area contributed by atoms with Crippen LogP contribution in [0.3, 0.4) is 0 Å². The highest BCUT2D eigenvalue weighted by atomic mass is 32.1. The Bertz CT molecular complexity index is 1320. The summed E-state index contributed by atoms with van der Waals surface area (Å²) < 4.78 is 6.04. The highest BCUT2D eigenvalue weighted by molar-refractivity contribution is 7.21. The van der Waals surface area contributed by atoms with Crippen LogP contribution in [-0.4, -0.2) is 33.0 Å². The van der Waals surface area contributed by atoms with Crippen molar-refractivity contribution in [2.24, 2.45) is 0 Å². The summed E-state index contributed by atoms with van der Waals surface area (Å²) in [6, 6.07) is 17.0. The second-order valence-electron chi connectivity index (χ2n) is 6.67. The maximum absolute atomic E-state index is 12.6. The number of hydrogen-bond donors (Lipinski definition) is 2. The Hall–Kier alpha value is -3.78. The van der Waals surface area contributed by atoms with Crippen LogP contribution < -0.4 is 10.1 Å². The van der Waals surface area contributed by atoms with Gasteiger partial charge in [0.25, 0.3) is 5.91 Å². The zero-order valence-corrected chi connectivity index (χ0v) is 16.9. The van der Waals surface area contributed by atoms with E-state index in [1.165, 1.54) is 11.3 Å². The third-order valence-electron chi connectivity index (χ3n) is 4.70. The number of pyridine rings is 1. The number of carbonyl (C=O) groups is 1. The second-order valence-corrected chi connectivity index (χ2v) is 7.70. The standard InChI is InChI=1S/C22H17N5O2S/c1-29-20-9-7-14(11-23-20)22-27-17-8-6-13(10-18(17)30-22)21(28)24-12-19-25-15-4-2-3-5-16(15)26-19/h2-11H,12H2,1H3,(H,24,28)(H,25,26). The molecule has 0 saturated carbocycles. The van der Waals surface area contributed by atoms with E-state index in [1.54, 1.807) is 25.4 Å². The lowest BCUT2D eigenvalue weighted by molar-refractivity contribution is 0.0950. The molecule has 0 aliphatic rings. The number of amides is 1. The van der Waals surface area contributed by atoms with Crippen molar-refractivity contribution in [3.05, 3.63) is 72.2 Å². The topological polar surface area (TPSA) is 92.8 Å². The molecule has 7 nitrogen and oxygen atoms in total. The first-order valence-corrected chi connectivity index (χ1v) is 10.1. The number of ether oxygens (including phenoxy) is 1. The van der Waals surface area contributed by atoms with Gasteiger partial charge in [-0.1, -0.05) is 12.1 Å². The first-order chi connectivity index (χ1) is 14.7. The van der Waals surface area contributed by atoms with Crippen molar-refractivity contribution in [3.63, 3.8) is 0 Å². The van der Waals surface area contributed by atoms with E-state index in [1.807, 2.05) is 42.5 Å². The Morgan fingerprint density at radius 1 is 1.10 bits per heavy atom. The fourth-order valence-electron chi connectivity index (χ4n) is 3.17. The van der Waals surface area contributed by atoms with Crippen molar-refractivity contribution in [1.82, 2.24) is 25.3 Å². The molecule has 0 aliphatic carbocycles. The number of imidazole rings is 1. The molecule has 0 saturated heterocycles. The highest BCUT2D eigenvalue weighted by Crippen LogP contribution is 2.31. The predicted octanol–water partition coefficient (Wildman–Crippen LogP) is 4.17. The number of benzene rings is 2. The third kappa shape index (κ3) is 3.48. The molecule has 0 radical (unpaired) electrons. The average Bonchev–Trinajstić information content (AvgIpc) is 3.40. The van der Waals surface area contributed by atoms with Gasteiger partial charge in [0, 0.05) is 23.4 Å². The van der Waals surface area contributed by atoms with E-state index in [9.17, 15) is 4.79 Å². The van der Waals surface area contributed by atoms with Crippen molar-refractivity contribution >= 4 is 38.5 Å². The number of hydrogen-bond acceptors (Lipinski definition) is 6. The van der Waals surface area contributed by atoms with Crippen molar-refractivity contribution in [3.8, 4) is 16.5 Å². The molecule has 0 atom stereocenters. The van der Waals surface area contributed by atoms with Crippen LogP contribution >= 0.6 is 11.3 Å². The van der Waals surface area contributed by atoms with Crippen molar-refractivity contribution in [2.45, 2.75) is 6.54 Å². The molecule has 30 heavy (non-hydrogen) atoms. The maximum Gasteiger partial charge on any atom is 0.251 e. The average molecular weight is 415 g/mol. The number of rotatable bonds is 5. The molecular weight excluding hydrogens is 398 g/mol. The van der Waals surface area contributed by atoms with Crippen molar-refractivity contribution in [1.29, 1.82) is 0 Å². The molecule has 5 aromatic rings. The minimum Gasteiger partial charge on any atom is -0.481 e. The molecule has 2 aromatic carbocycles. The van der Waals surface area contributed by atoms with E-state index in [0.29, 0.717) is 18.0 Å². The van der Waals surface area contributed by atoms with E-state index < -0.39 is 0 Å². The van der Waals surface area contributed by atoms with Crippen LogP contribution in [0.1, 0.15) is 16.2 Å². The Balaban J connectivity index is 1.34. The van der Waals surface area contributed by atoms with Crippen LogP contribution in [0, 0.1) is 0 Å². The number of nitrogens with one attached hydrogen (secondary N) is 2. The summed E-state index contributed by atoms with van der Waals surface area (Å²) in [5, 5.41) is 3.77. The van der Waals surface area contributed by atoms with Crippen LogP contribution in [0.15, 0.2) is 60.8 Å². The Morgan fingerprint density at radius 3 is 2.80 bits per heavy atom. The van der Waals surface area contributed by atoms with Gasteiger partial charge in [-0.15, -0.1) is 11.3 Å². The molecule has 0 spiro atoms. The fraction of sp³-hybridized carbons (Fsp3) is 0.0909. The molecule has 5 rings (SSSR count). The van der Waals surface area contributed by atoms with E-state index in [-0.39, 0.29) is 5.91 Å². The van der Waals surface area contributed by atoms with Gasteiger partial charge in [-0.25, -0.2) is 15.0 Å². The number of carbonyl (C=O) groups excluding carboxylic acids is 1. The Morgan fingerprint density at radius 2 is 2.00 bits per heavy atom. The summed E-state index contributed by atoms with van der Waals surface area (Å²) >= 11 is 1.52. The molecule has 3 aromatic heterocycles. The van der Waals surface area contributed by atoms with Gasteiger partial charge in [-0.05, 0) is 36.4 Å². The van der Waals surface area contributed by atoms with Crippen molar-refractivity contribution < 1.29 is 9.53 Å². The van der Waals surface area contributed by atoms with Gasteiger partial charge in [-0.3, -0.25) is 4.79 Å². The maximum atomic E-state index is 12.6. The van der Waals surface area contributed by atoms with Crippen LogP contribution in [0.25, 0.3) is 31.8 Å². The highest BCUT2D eigenvalue weighted by Gasteiger charge is 2.12. The lowest BCUT2D eigenvalue weighted by atomic mass is 10.2. The van der Waals surface area contributed by atoms with E-state index in [2.05, 4.69) is 25.3 Å². The van der Waals surface area contributed by atoms with Crippen LogP contribution in [0.2, 0.25) is 0 Å². The van der Waals surface area contributed by atoms with Crippen LogP contribution in [0.4, 0.5) is 0 Å². The van der Waals surface area contributed by atoms with Gasteiger partial charge in [0.05, 0.1) is 34.9 Å². The second kappa shape index (κ2) is 7.57. The summed E-state index contributed by atoms with van der Waals surface area (Å²) in [4.78, 5) is 29.2. The number of aromatic amines is 1. The molecule has 0 aliphatic heterocycles. The normalized spacial score (nSPS) is 11.1. The molecule has 8 heteroatoms. The monoisotopic (exact) mass is 415 g/mol. The summed E-state index contributed by atoms with van der Waals surface area (Å²) in [5.74, 6) is 1.12. The minimum absolute atomic E-state index is 0.154. The zero-order chi connectivity index (χ0) is 20.5. The third-order valence-corrected chi connectivity index (χ3v) is 5.77. The molecule has 148 valence electrons. The largest absolute Gasteiger partial charge is 0.481 e. The summed E-state index contributed by atoms with van der Waals surface area (Å²) in [5.41, 5.74) is 4.18. The summed E-state index contributed by atoms with van der Waals surface area (Å²) in [7, 11) is 1.58. The van der Waals surface area contributed by atoms with Gasteiger partial charge < -0.3 is 15.0 Å². The van der Waals surface area contributed by atoms with Gasteiger partial charge in [0.2, 0.25) is 5.88 Å². The number of thiazole rings is 1. The van der Waals surface area contributed by atoms with Crippen LogP contribution in [-0.2, 0) is 6.54 Å². The molecular formula is C22H17N5O2S. The molecule has 0 bridgehead atoms. The molecule has 0 fully saturated rings. The minimum atomic E-state index is -0.154. The lowest BCUT2D eigenvalue weighted by Crippen LogP contribution is -2.23. The number of nitrogens with zero attached hydrogens (tertiary/aromatic N) is 3. The first-order valence-electron chi connectivity index (χ1n) is 9.32. The number of para-hydroxylation sites is 2. The number of fused-ring (bicyclic) bond motifs is 2. The summed E-state index contributed by atoms with van der Waals surface area (Å²) in [6.45, 7) is 0.330. The SMILES string of the molecule is COc1ccc(-c2nc3ccc(C(=O)NCc4nc5ccccc5[nH]4)cc3s2)cn1. The van der Waals surface area contributed by atoms with Gasteiger partial charge in [0.15, 0.2) is 0 Å². The van der Waals surface area contributed by atoms with E-state index in [4.69, 9.17) is 4.74 Å². The Kier molecular flexibility index (Phi) is 4.61. The van der Waals surface area contributed by atoms with Crippen molar-refractivity contribution in [2.75, 3.05) is 7.11 Å². The van der Waals surface area contributed by atoms with Gasteiger partial charge in [0.1, 0.15) is 10.8 Å².